The number of hydrogen-bond donors (Lipinski definition) is 1. The van der Waals surface area contributed by atoms with Crippen molar-refractivity contribution in [3.63, 3.8) is 0 Å². The predicted octanol–water partition coefficient (Wildman–Crippen LogP) is 2.19. The van der Waals surface area contributed by atoms with E-state index in [0.29, 0.717) is 4.84 Å². The molecule has 0 amide bonds. The smallest absolute Gasteiger partial charge is 0.266 e. The largest absolute Gasteiger partial charge is 0.429 e. The highest BCUT2D eigenvalue weighted by Crippen LogP contribution is 2.11. The van der Waals surface area contributed by atoms with Gasteiger partial charge in [0.2, 0.25) is 0 Å². The van der Waals surface area contributed by atoms with Crippen LogP contribution in [0.25, 0.3) is 11.1 Å². The molecule has 2 aromatic heterocycles. The molecule has 3 nitrogen and oxygen atoms in total. The lowest BCUT2D eigenvalue weighted by Crippen LogP contribution is -1.77. The molecule has 2 rings (SSSR count). The van der Waals surface area contributed by atoms with Crippen molar-refractivity contribution < 1.29 is 4.42 Å². The second kappa shape index (κ2) is 2.17. The van der Waals surface area contributed by atoms with Gasteiger partial charge in [-0.05, 0) is 19.1 Å². The first-order chi connectivity index (χ1) is 5.25. The lowest BCUT2D eigenvalue weighted by molar-refractivity contribution is 0.583. The number of aryl methyl sites for hydroxylation is 1. The fourth-order valence-corrected chi connectivity index (χ4v) is 1.15. The summed E-state index contributed by atoms with van der Waals surface area (Å²) in [5.74, 6) is 0. The van der Waals surface area contributed by atoms with E-state index in [1.165, 1.54) is 0 Å². The molecule has 0 aromatic carbocycles. The molecule has 0 saturated heterocycles. The Hall–Kier alpha value is -1.16. The van der Waals surface area contributed by atoms with Crippen molar-refractivity contribution in [3.8, 4) is 0 Å². The number of aromatic nitrogens is 2. The van der Waals surface area contributed by atoms with Crippen LogP contribution in [0, 0.1) is 11.8 Å². The number of hydrogen-bond acceptors (Lipinski definition) is 3. The number of rotatable bonds is 0. The van der Waals surface area contributed by atoms with E-state index in [4.69, 9.17) is 16.6 Å². The molecule has 1 N–H and O–H groups in total. The molecule has 2 aromatic rings. The highest BCUT2D eigenvalue weighted by Gasteiger charge is 1.97. The fraction of sp³-hybridized carbons (Fsp3) is 0.143. The van der Waals surface area contributed by atoms with E-state index in [9.17, 15) is 0 Å². The van der Waals surface area contributed by atoms with E-state index in [0.717, 1.165) is 16.8 Å². The summed E-state index contributed by atoms with van der Waals surface area (Å²) in [5, 5.41) is 0. The number of fused-ring (bicyclic) bond motifs is 1. The average Bonchev–Trinajstić information content (AvgIpc) is 2.27. The van der Waals surface area contributed by atoms with Crippen molar-refractivity contribution in [1.29, 1.82) is 0 Å². The number of nitrogens with one attached hydrogen (secondary N) is 1. The van der Waals surface area contributed by atoms with Crippen LogP contribution in [0.2, 0.25) is 0 Å². The third-order valence-corrected chi connectivity index (χ3v) is 1.63. The number of aromatic amines is 1. The van der Waals surface area contributed by atoms with Crippen LogP contribution in [0.1, 0.15) is 5.69 Å². The molecule has 0 bridgehead atoms. The van der Waals surface area contributed by atoms with Gasteiger partial charge < -0.3 is 9.40 Å². The summed E-state index contributed by atoms with van der Waals surface area (Å²) in [6.07, 6.45) is 1.71. The first-order valence-corrected chi connectivity index (χ1v) is 3.62. The fourth-order valence-electron chi connectivity index (χ4n) is 0.948. The van der Waals surface area contributed by atoms with Gasteiger partial charge >= 0.3 is 0 Å². The third-order valence-electron chi connectivity index (χ3n) is 1.44. The molecule has 0 aliphatic heterocycles. The molecule has 0 atom stereocenters. The lowest BCUT2D eigenvalue weighted by atomic mass is 10.3. The molecule has 0 aliphatic rings. The Morgan fingerprint density at radius 1 is 1.64 bits per heavy atom. The first-order valence-electron chi connectivity index (χ1n) is 3.21. The minimum atomic E-state index is 0.396. The van der Waals surface area contributed by atoms with E-state index in [1.807, 2.05) is 13.0 Å². The molecule has 0 saturated carbocycles. The number of H-pyrrole nitrogens is 1. The van der Waals surface area contributed by atoms with Crippen molar-refractivity contribution in [2.45, 2.75) is 6.92 Å². The summed E-state index contributed by atoms with van der Waals surface area (Å²) in [6.45, 7) is 1.91. The highest BCUT2D eigenvalue weighted by atomic mass is 32.1. The van der Waals surface area contributed by atoms with Crippen molar-refractivity contribution in [1.82, 2.24) is 9.97 Å². The van der Waals surface area contributed by atoms with Gasteiger partial charge in [0.1, 0.15) is 5.52 Å². The van der Waals surface area contributed by atoms with Crippen LogP contribution in [0.15, 0.2) is 16.7 Å². The lowest BCUT2D eigenvalue weighted by Gasteiger charge is -1.87. The van der Waals surface area contributed by atoms with E-state index >= 15 is 0 Å². The van der Waals surface area contributed by atoms with Crippen LogP contribution in [0.4, 0.5) is 0 Å². The average molecular weight is 166 g/mol. The zero-order valence-electron chi connectivity index (χ0n) is 5.92. The number of pyridine rings is 1. The quantitative estimate of drug-likeness (QED) is 0.610. The van der Waals surface area contributed by atoms with Gasteiger partial charge in [0.15, 0.2) is 5.58 Å². The van der Waals surface area contributed by atoms with Gasteiger partial charge in [-0.1, -0.05) is 0 Å². The predicted molar refractivity (Wildman–Crippen MR) is 43.9 cm³/mol. The summed E-state index contributed by atoms with van der Waals surface area (Å²) < 4.78 is 5.17. The van der Waals surface area contributed by atoms with Crippen LogP contribution >= 0.6 is 12.2 Å². The van der Waals surface area contributed by atoms with Gasteiger partial charge in [-0.25, -0.2) is 0 Å². The summed E-state index contributed by atoms with van der Waals surface area (Å²) in [4.78, 5) is 7.35. The van der Waals surface area contributed by atoms with Crippen molar-refractivity contribution in [2.24, 2.45) is 0 Å². The van der Waals surface area contributed by atoms with Gasteiger partial charge in [-0.2, -0.15) is 0 Å². The van der Waals surface area contributed by atoms with Crippen LogP contribution < -0.4 is 0 Å². The van der Waals surface area contributed by atoms with E-state index in [2.05, 4.69) is 9.97 Å². The van der Waals surface area contributed by atoms with Crippen LogP contribution in [-0.4, -0.2) is 9.97 Å². The first kappa shape index (κ1) is 6.54. The van der Waals surface area contributed by atoms with Gasteiger partial charge in [0, 0.05) is 11.8 Å². The Kier molecular flexibility index (Phi) is 1.29. The molecule has 0 fully saturated rings. The van der Waals surface area contributed by atoms with E-state index in [-0.39, 0.29) is 0 Å². The van der Waals surface area contributed by atoms with Crippen molar-refractivity contribution in [3.05, 3.63) is 22.8 Å². The normalized spacial score (nSPS) is 10.6. The van der Waals surface area contributed by atoms with Crippen LogP contribution in [0.3, 0.4) is 0 Å². The monoisotopic (exact) mass is 166 g/mol. The van der Waals surface area contributed by atoms with Crippen molar-refractivity contribution in [2.75, 3.05) is 0 Å². The SMILES string of the molecule is Cc1cc2oc(=S)[nH]c2cn1. The van der Waals surface area contributed by atoms with Gasteiger partial charge in [0.25, 0.3) is 4.84 Å². The van der Waals surface area contributed by atoms with E-state index < -0.39 is 0 Å². The van der Waals surface area contributed by atoms with E-state index in [1.54, 1.807) is 6.20 Å². The Labute approximate surface area is 68.1 Å². The van der Waals surface area contributed by atoms with Crippen LogP contribution in [-0.2, 0) is 0 Å². The van der Waals surface area contributed by atoms with Gasteiger partial charge in [0.05, 0.1) is 6.20 Å². The Bertz CT molecular complexity index is 443. The maximum Gasteiger partial charge on any atom is 0.266 e. The molecule has 0 radical (unpaired) electrons. The Balaban J connectivity index is 2.92. The van der Waals surface area contributed by atoms with Gasteiger partial charge in [-0.15, -0.1) is 0 Å². The number of oxazole rings is 1. The maximum atomic E-state index is 5.17. The molecule has 0 aliphatic carbocycles. The summed E-state index contributed by atoms with van der Waals surface area (Å²) in [6, 6.07) is 1.85. The molecular formula is C7H6N2OS. The highest BCUT2D eigenvalue weighted by molar-refractivity contribution is 7.71. The standard InChI is InChI=1S/C7H6N2OS/c1-4-2-6-5(3-8-4)9-7(11)10-6/h2-3H,1H3,(H,9,11). The summed E-state index contributed by atoms with van der Waals surface area (Å²) in [5.41, 5.74) is 2.54. The topological polar surface area (TPSA) is 41.8 Å². The Morgan fingerprint density at radius 3 is 3.27 bits per heavy atom. The summed E-state index contributed by atoms with van der Waals surface area (Å²) in [7, 11) is 0. The molecule has 0 spiro atoms. The zero-order valence-corrected chi connectivity index (χ0v) is 6.73. The molecular weight excluding hydrogens is 160 g/mol. The molecule has 11 heavy (non-hydrogen) atoms. The van der Waals surface area contributed by atoms with Crippen molar-refractivity contribution >= 4 is 23.3 Å². The minimum Gasteiger partial charge on any atom is -0.429 e. The zero-order chi connectivity index (χ0) is 7.84. The third kappa shape index (κ3) is 1.05. The number of nitrogens with zero attached hydrogens (tertiary/aromatic N) is 1. The Morgan fingerprint density at radius 2 is 2.45 bits per heavy atom. The second-order valence-electron chi connectivity index (χ2n) is 2.34. The molecule has 56 valence electrons. The second-order valence-corrected chi connectivity index (χ2v) is 2.71. The van der Waals surface area contributed by atoms with Crippen LogP contribution in [0.5, 0.6) is 0 Å². The maximum absolute atomic E-state index is 5.17. The molecule has 0 unspecified atom stereocenters. The molecule has 2 heterocycles. The minimum absolute atomic E-state index is 0.396. The van der Waals surface area contributed by atoms with Gasteiger partial charge in [-0.3, -0.25) is 4.98 Å². The molecule has 4 heteroatoms. The summed E-state index contributed by atoms with van der Waals surface area (Å²) >= 11 is 4.81.